The molecule has 0 amide bonds. The minimum absolute atomic E-state index is 0.239. The zero-order valence-corrected chi connectivity index (χ0v) is 10.4. The van der Waals surface area contributed by atoms with Crippen molar-refractivity contribution in [2.45, 2.75) is 27.7 Å². The molecule has 0 aliphatic heterocycles. The third-order valence-electron chi connectivity index (χ3n) is 1.72. The van der Waals surface area contributed by atoms with Gasteiger partial charge in [0.1, 0.15) is 11.8 Å². The first kappa shape index (κ1) is 14.2. The summed E-state index contributed by atoms with van der Waals surface area (Å²) in [6.07, 6.45) is 1.31. The molecule has 0 radical (unpaired) electrons. The predicted octanol–water partition coefficient (Wildman–Crippen LogP) is 1.29. The third-order valence-corrected chi connectivity index (χ3v) is 1.72. The van der Waals surface area contributed by atoms with Crippen LogP contribution in [-0.2, 0) is 7.05 Å². The minimum atomic E-state index is -0.239. The highest BCUT2D eigenvalue weighted by molar-refractivity contribution is 5.81. The molecule has 0 bridgehead atoms. The number of aryl methyl sites for hydroxylation is 1. The Morgan fingerprint density at radius 3 is 2.31 bits per heavy atom. The number of nitrogens with zero attached hydrogens (tertiary/aromatic N) is 3. The standard InChI is InChI=1S/C6H7N5O.2C2H6/c1-11-3-4(7)8-2-9-5(3)10-6(11)12;2*1-2/h2H,1H3,(H3,7,8,9,10,12);2*1-2H3. The molecular formula is C10H19N5O. The molecule has 0 saturated heterocycles. The van der Waals surface area contributed by atoms with Crippen molar-refractivity contribution in [3.05, 3.63) is 16.8 Å². The van der Waals surface area contributed by atoms with Crippen LogP contribution in [0.5, 0.6) is 0 Å². The summed E-state index contributed by atoms with van der Waals surface area (Å²) in [6.45, 7) is 8.00. The summed E-state index contributed by atoms with van der Waals surface area (Å²) in [5.74, 6) is 0.306. The number of imidazole rings is 1. The van der Waals surface area contributed by atoms with Crippen LogP contribution < -0.4 is 11.4 Å². The Kier molecular flexibility index (Phi) is 5.84. The highest BCUT2D eigenvalue weighted by Gasteiger charge is 2.06. The molecule has 0 saturated carbocycles. The number of rotatable bonds is 0. The van der Waals surface area contributed by atoms with Gasteiger partial charge in [-0.15, -0.1) is 0 Å². The number of nitrogen functional groups attached to an aromatic ring is 1. The normalized spacial score (nSPS) is 8.81. The lowest BCUT2D eigenvalue weighted by molar-refractivity contribution is 0.891. The van der Waals surface area contributed by atoms with Gasteiger partial charge in [-0.1, -0.05) is 27.7 Å². The lowest BCUT2D eigenvalue weighted by Gasteiger charge is -1.94. The Hall–Kier alpha value is -1.85. The van der Waals surface area contributed by atoms with Gasteiger partial charge in [-0.05, 0) is 0 Å². The van der Waals surface area contributed by atoms with Gasteiger partial charge in [0.15, 0.2) is 11.5 Å². The van der Waals surface area contributed by atoms with Crippen molar-refractivity contribution < 1.29 is 0 Å². The smallest absolute Gasteiger partial charge is 0.327 e. The van der Waals surface area contributed by atoms with Gasteiger partial charge < -0.3 is 5.73 Å². The van der Waals surface area contributed by atoms with E-state index in [1.54, 1.807) is 7.05 Å². The maximum absolute atomic E-state index is 11.1. The monoisotopic (exact) mass is 225 g/mol. The largest absolute Gasteiger partial charge is 0.382 e. The summed E-state index contributed by atoms with van der Waals surface area (Å²) < 4.78 is 1.38. The van der Waals surface area contributed by atoms with Crippen LogP contribution >= 0.6 is 0 Å². The van der Waals surface area contributed by atoms with E-state index in [-0.39, 0.29) is 5.69 Å². The fraction of sp³-hybridized carbons (Fsp3) is 0.500. The molecule has 0 spiro atoms. The van der Waals surface area contributed by atoms with Crippen molar-refractivity contribution in [1.82, 2.24) is 19.5 Å². The third kappa shape index (κ3) is 2.59. The summed E-state index contributed by atoms with van der Waals surface area (Å²) >= 11 is 0. The maximum Gasteiger partial charge on any atom is 0.327 e. The first-order chi connectivity index (χ1) is 7.70. The Morgan fingerprint density at radius 2 is 1.81 bits per heavy atom. The van der Waals surface area contributed by atoms with Crippen LogP contribution in [0.2, 0.25) is 0 Å². The zero-order chi connectivity index (χ0) is 12.7. The molecule has 90 valence electrons. The molecule has 0 aromatic carbocycles. The lowest BCUT2D eigenvalue weighted by atomic mass is 10.5. The van der Waals surface area contributed by atoms with E-state index in [0.717, 1.165) is 0 Å². The molecule has 0 unspecified atom stereocenters. The number of hydrogen-bond acceptors (Lipinski definition) is 4. The number of aromatic amines is 1. The van der Waals surface area contributed by atoms with Gasteiger partial charge in [-0.25, -0.2) is 14.8 Å². The molecule has 6 heteroatoms. The second kappa shape index (κ2) is 6.60. The van der Waals surface area contributed by atoms with Crippen molar-refractivity contribution in [3.63, 3.8) is 0 Å². The van der Waals surface area contributed by atoms with Crippen LogP contribution in [0.15, 0.2) is 11.1 Å². The Balaban J connectivity index is 0.000000509. The van der Waals surface area contributed by atoms with E-state index in [4.69, 9.17) is 5.73 Å². The molecule has 2 heterocycles. The number of hydrogen-bond donors (Lipinski definition) is 2. The highest BCUT2D eigenvalue weighted by Crippen LogP contribution is 2.10. The molecular weight excluding hydrogens is 206 g/mol. The van der Waals surface area contributed by atoms with E-state index in [1.807, 2.05) is 27.7 Å². The summed E-state index contributed by atoms with van der Waals surface area (Å²) in [7, 11) is 1.61. The molecule has 0 atom stereocenters. The van der Waals surface area contributed by atoms with E-state index in [1.165, 1.54) is 10.9 Å². The van der Waals surface area contributed by atoms with Gasteiger partial charge in [-0.2, -0.15) is 0 Å². The van der Waals surface area contributed by atoms with E-state index >= 15 is 0 Å². The average Bonchev–Trinajstić information content (AvgIpc) is 2.62. The van der Waals surface area contributed by atoms with E-state index in [2.05, 4.69) is 15.0 Å². The molecule has 0 fully saturated rings. The van der Waals surface area contributed by atoms with Crippen LogP contribution in [0.3, 0.4) is 0 Å². The molecule has 2 aromatic heterocycles. The molecule has 0 aliphatic rings. The molecule has 6 nitrogen and oxygen atoms in total. The van der Waals surface area contributed by atoms with Gasteiger partial charge in [0.05, 0.1) is 0 Å². The minimum Gasteiger partial charge on any atom is -0.382 e. The van der Waals surface area contributed by atoms with Crippen LogP contribution in [0.25, 0.3) is 11.2 Å². The fourth-order valence-electron chi connectivity index (χ4n) is 1.10. The average molecular weight is 225 g/mol. The molecule has 2 aromatic rings. The Morgan fingerprint density at radius 1 is 1.25 bits per heavy atom. The highest BCUT2D eigenvalue weighted by atomic mass is 16.1. The number of fused-ring (bicyclic) bond motifs is 1. The van der Waals surface area contributed by atoms with Crippen LogP contribution in [0, 0.1) is 0 Å². The molecule has 16 heavy (non-hydrogen) atoms. The van der Waals surface area contributed by atoms with Crippen LogP contribution in [0.1, 0.15) is 27.7 Å². The van der Waals surface area contributed by atoms with Gasteiger partial charge >= 0.3 is 5.69 Å². The second-order valence-corrected chi connectivity index (χ2v) is 2.45. The van der Waals surface area contributed by atoms with Gasteiger partial charge in [0.25, 0.3) is 0 Å². The van der Waals surface area contributed by atoms with E-state index in [9.17, 15) is 4.79 Å². The van der Waals surface area contributed by atoms with E-state index in [0.29, 0.717) is 17.0 Å². The van der Waals surface area contributed by atoms with Crippen molar-refractivity contribution >= 4 is 17.0 Å². The van der Waals surface area contributed by atoms with Crippen LogP contribution in [-0.4, -0.2) is 19.5 Å². The Labute approximate surface area is 94.5 Å². The van der Waals surface area contributed by atoms with Gasteiger partial charge in [0, 0.05) is 7.05 Å². The van der Waals surface area contributed by atoms with Gasteiger partial charge in [-0.3, -0.25) is 9.55 Å². The maximum atomic E-state index is 11.1. The van der Waals surface area contributed by atoms with E-state index < -0.39 is 0 Å². The van der Waals surface area contributed by atoms with Crippen molar-refractivity contribution in [3.8, 4) is 0 Å². The number of anilines is 1. The molecule has 0 aliphatic carbocycles. The summed E-state index contributed by atoms with van der Waals surface area (Å²) in [5, 5.41) is 0. The number of aromatic nitrogens is 4. The quantitative estimate of drug-likeness (QED) is 0.707. The SMILES string of the molecule is CC.CC.Cn1c(=O)[nH]c2ncnc(N)c21. The second-order valence-electron chi connectivity index (χ2n) is 2.45. The summed E-state index contributed by atoms with van der Waals surface area (Å²) in [6, 6.07) is 0. The number of nitrogens with two attached hydrogens (primary N) is 1. The van der Waals surface area contributed by atoms with Crippen LogP contribution in [0.4, 0.5) is 5.82 Å². The summed E-state index contributed by atoms with van der Waals surface area (Å²) in [4.78, 5) is 21.2. The topological polar surface area (TPSA) is 89.6 Å². The first-order valence-corrected chi connectivity index (χ1v) is 5.35. The first-order valence-electron chi connectivity index (χ1n) is 5.35. The van der Waals surface area contributed by atoms with Crippen molar-refractivity contribution in [2.75, 3.05) is 5.73 Å². The number of nitrogens with one attached hydrogen (secondary N) is 1. The molecule has 3 N–H and O–H groups in total. The van der Waals surface area contributed by atoms with Gasteiger partial charge in [0.2, 0.25) is 0 Å². The molecule has 2 rings (SSSR count). The zero-order valence-electron chi connectivity index (χ0n) is 10.4. The van der Waals surface area contributed by atoms with Crippen molar-refractivity contribution in [1.29, 1.82) is 0 Å². The summed E-state index contributed by atoms with van der Waals surface area (Å²) in [5.41, 5.74) is 6.31. The Bertz CT molecular complexity index is 485. The fourth-order valence-corrected chi connectivity index (χ4v) is 1.10. The van der Waals surface area contributed by atoms with Crippen molar-refractivity contribution in [2.24, 2.45) is 7.05 Å². The lowest BCUT2D eigenvalue weighted by Crippen LogP contribution is -2.12. The number of H-pyrrole nitrogens is 1. The predicted molar refractivity (Wildman–Crippen MR) is 66.2 cm³/mol.